The molecule has 1 rings (SSSR count). The predicted molar refractivity (Wildman–Crippen MR) is 87.3 cm³/mol. The van der Waals surface area contributed by atoms with Gasteiger partial charge in [-0.3, -0.25) is 0 Å². The molecule has 0 radical (unpaired) electrons. The zero-order valence-electron chi connectivity index (χ0n) is 13.7. The SMILES string of the molecule is CCCCCCOc1ccccc1CNC(C)(C)CC. The van der Waals surface area contributed by atoms with Crippen LogP contribution in [0.5, 0.6) is 5.75 Å². The first-order valence-corrected chi connectivity index (χ1v) is 8.05. The summed E-state index contributed by atoms with van der Waals surface area (Å²) < 4.78 is 5.94. The lowest BCUT2D eigenvalue weighted by atomic mass is 10.0. The fraction of sp³-hybridized carbons (Fsp3) is 0.667. The number of hydrogen-bond acceptors (Lipinski definition) is 2. The zero-order chi connectivity index (χ0) is 14.8. The van der Waals surface area contributed by atoms with E-state index in [0.717, 1.165) is 31.7 Å². The van der Waals surface area contributed by atoms with Gasteiger partial charge < -0.3 is 10.1 Å². The van der Waals surface area contributed by atoms with E-state index in [0.29, 0.717) is 0 Å². The van der Waals surface area contributed by atoms with Gasteiger partial charge in [-0.25, -0.2) is 0 Å². The van der Waals surface area contributed by atoms with Crippen molar-refractivity contribution in [1.82, 2.24) is 5.32 Å². The van der Waals surface area contributed by atoms with Crippen molar-refractivity contribution < 1.29 is 4.74 Å². The standard InChI is InChI=1S/C18H31NO/c1-5-7-8-11-14-20-17-13-10-9-12-16(17)15-19-18(3,4)6-2/h9-10,12-13,19H,5-8,11,14-15H2,1-4H3. The normalized spacial score (nSPS) is 11.6. The molecule has 114 valence electrons. The third-order valence-electron chi connectivity index (χ3n) is 3.87. The lowest BCUT2D eigenvalue weighted by Crippen LogP contribution is -2.37. The molecule has 0 fully saturated rings. The van der Waals surface area contributed by atoms with Crippen LogP contribution in [-0.2, 0) is 6.54 Å². The summed E-state index contributed by atoms with van der Waals surface area (Å²) in [4.78, 5) is 0. The van der Waals surface area contributed by atoms with Crippen LogP contribution in [0.1, 0.15) is 65.4 Å². The van der Waals surface area contributed by atoms with Crippen LogP contribution in [0.25, 0.3) is 0 Å². The molecular weight excluding hydrogens is 246 g/mol. The Morgan fingerprint density at radius 2 is 1.80 bits per heavy atom. The number of ether oxygens (including phenoxy) is 1. The molecule has 0 unspecified atom stereocenters. The highest BCUT2D eigenvalue weighted by molar-refractivity contribution is 5.33. The summed E-state index contributed by atoms with van der Waals surface area (Å²) in [5.41, 5.74) is 1.43. The van der Waals surface area contributed by atoms with Crippen molar-refractivity contribution in [3.05, 3.63) is 29.8 Å². The molecule has 20 heavy (non-hydrogen) atoms. The first-order valence-electron chi connectivity index (χ1n) is 8.05. The van der Waals surface area contributed by atoms with Gasteiger partial charge in [0.15, 0.2) is 0 Å². The van der Waals surface area contributed by atoms with E-state index in [-0.39, 0.29) is 5.54 Å². The summed E-state index contributed by atoms with van der Waals surface area (Å²) >= 11 is 0. The van der Waals surface area contributed by atoms with Crippen molar-refractivity contribution in [2.24, 2.45) is 0 Å². The molecule has 0 bridgehead atoms. The van der Waals surface area contributed by atoms with E-state index >= 15 is 0 Å². The Balaban J connectivity index is 2.46. The van der Waals surface area contributed by atoms with Crippen molar-refractivity contribution >= 4 is 0 Å². The van der Waals surface area contributed by atoms with E-state index in [4.69, 9.17) is 4.74 Å². The summed E-state index contributed by atoms with van der Waals surface area (Å²) in [6.07, 6.45) is 6.10. The molecule has 2 nitrogen and oxygen atoms in total. The van der Waals surface area contributed by atoms with Crippen LogP contribution in [0.2, 0.25) is 0 Å². The maximum atomic E-state index is 5.94. The summed E-state index contributed by atoms with van der Waals surface area (Å²) in [5.74, 6) is 1.03. The summed E-state index contributed by atoms with van der Waals surface area (Å²) in [5, 5.41) is 3.60. The van der Waals surface area contributed by atoms with Gasteiger partial charge in [0.05, 0.1) is 6.61 Å². The molecule has 0 atom stereocenters. The van der Waals surface area contributed by atoms with Crippen molar-refractivity contribution in [2.75, 3.05) is 6.61 Å². The summed E-state index contributed by atoms with van der Waals surface area (Å²) in [7, 11) is 0. The van der Waals surface area contributed by atoms with Crippen molar-refractivity contribution in [1.29, 1.82) is 0 Å². The number of hydrogen-bond donors (Lipinski definition) is 1. The zero-order valence-corrected chi connectivity index (χ0v) is 13.7. The molecule has 0 amide bonds. The Hall–Kier alpha value is -1.02. The summed E-state index contributed by atoms with van der Waals surface area (Å²) in [6.45, 7) is 10.6. The molecule has 0 aliphatic rings. The Labute approximate surface area is 124 Å². The van der Waals surface area contributed by atoms with Gasteiger partial charge in [-0.2, -0.15) is 0 Å². The second kappa shape index (κ2) is 9.02. The van der Waals surface area contributed by atoms with Crippen molar-refractivity contribution in [3.8, 4) is 5.75 Å². The molecule has 2 heteroatoms. The number of para-hydroxylation sites is 1. The average Bonchev–Trinajstić information content (AvgIpc) is 2.46. The fourth-order valence-electron chi connectivity index (χ4n) is 1.96. The van der Waals surface area contributed by atoms with Crippen molar-refractivity contribution in [3.63, 3.8) is 0 Å². The molecule has 0 aromatic heterocycles. The molecule has 0 saturated heterocycles. The fourth-order valence-corrected chi connectivity index (χ4v) is 1.96. The topological polar surface area (TPSA) is 21.3 Å². The maximum absolute atomic E-state index is 5.94. The molecule has 0 heterocycles. The smallest absolute Gasteiger partial charge is 0.123 e. The Bertz CT molecular complexity index is 373. The predicted octanol–water partition coefficient (Wildman–Crippen LogP) is 4.92. The van der Waals surface area contributed by atoms with Gasteiger partial charge in [0.1, 0.15) is 5.75 Å². The van der Waals surface area contributed by atoms with Gasteiger partial charge in [0, 0.05) is 17.6 Å². The van der Waals surface area contributed by atoms with Crippen LogP contribution < -0.4 is 10.1 Å². The maximum Gasteiger partial charge on any atom is 0.123 e. The van der Waals surface area contributed by atoms with Crippen LogP contribution >= 0.6 is 0 Å². The van der Waals surface area contributed by atoms with E-state index < -0.39 is 0 Å². The molecule has 0 aliphatic heterocycles. The minimum Gasteiger partial charge on any atom is -0.493 e. The second-order valence-electron chi connectivity index (χ2n) is 6.11. The molecular formula is C18H31NO. The van der Waals surface area contributed by atoms with Crippen LogP contribution in [0.15, 0.2) is 24.3 Å². The monoisotopic (exact) mass is 277 g/mol. The number of unbranched alkanes of at least 4 members (excludes halogenated alkanes) is 3. The van der Waals surface area contributed by atoms with E-state index in [1.807, 2.05) is 0 Å². The highest BCUT2D eigenvalue weighted by Gasteiger charge is 2.14. The van der Waals surface area contributed by atoms with Crippen LogP contribution in [0.4, 0.5) is 0 Å². The van der Waals surface area contributed by atoms with Crippen molar-refractivity contribution in [2.45, 2.75) is 71.9 Å². The molecule has 0 spiro atoms. The van der Waals surface area contributed by atoms with Gasteiger partial charge in [0.25, 0.3) is 0 Å². The van der Waals surface area contributed by atoms with Gasteiger partial charge in [-0.1, -0.05) is 51.3 Å². The number of rotatable bonds is 10. The van der Waals surface area contributed by atoms with E-state index in [2.05, 4.69) is 57.3 Å². The molecule has 1 aromatic carbocycles. The molecule has 0 saturated carbocycles. The van der Waals surface area contributed by atoms with Gasteiger partial charge >= 0.3 is 0 Å². The second-order valence-corrected chi connectivity index (χ2v) is 6.11. The van der Waals surface area contributed by atoms with Crippen LogP contribution in [0.3, 0.4) is 0 Å². The lowest BCUT2D eigenvalue weighted by Gasteiger charge is -2.25. The largest absolute Gasteiger partial charge is 0.493 e. The minimum absolute atomic E-state index is 0.175. The van der Waals surface area contributed by atoms with E-state index in [1.54, 1.807) is 0 Å². The first kappa shape index (κ1) is 17.0. The Morgan fingerprint density at radius 1 is 1.05 bits per heavy atom. The van der Waals surface area contributed by atoms with E-state index in [9.17, 15) is 0 Å². The highest BCUT2D eigenvalue weighted by Crippen LogP contribution is 2.20. The average molecular weight is 277 g/mol. The lowest BCUT2D eigenvalue weighted by molar-refractivity contribution is 0.298. The number of benzene rings is 1. The van der Waals surface area contributed by atoms with Gasteiger partial charge in [-0.05, 0) is 32.8 Å². The highest BCUT2D eigenvalue weighted by atomic mass is 16.5. The number of nitrogens with one attached hydrogen (secondary N) is 1. The van der Waals surface area contributed by atoms with Gasteiger partial charge in [0.2, 0.25) is 0 Å². The molecule has 1 aromatic rings. The van der Waals surface area contributed by atoms with Crippen LogP contribution in [-0.4, -0.2) is 12.1 Å². The van der Waals surface area contributed by atoms with Crippen LogP contribution in [0, 0.1) is 0 Å². The Morgan fingerprint density at radius 3 is 2.50 bits per heavy atom. The quantitative estimate of drug-likeness (QED) is 0.613. The third-order valence-corrected chi connectivity index (χ3v) is 3.87. The third kappa shape index (κ3) is 6.42. The van der Waals surface area contributed by atoms with E-state index in [1.165, 1.54) is 24.8 Å². The summed E-state index contributed by atoms with van der Waals surface area (Å²) in [6, 6.07) is 8.37. The minimum atomic E-state index is 0.175. The Kier molecular flexibility index (Phi) is 7.68. The van der Waals surface area contributed by atoms with Gasteiger partial charge in [-0.15, -0.1) is 0 Å². The molecule has 0 aliphatic carbocycles. The molecule has 1 N–H and O–H groups in total. The first-order chi connectivity index (χ1) is 9.59.